The Morgan fingerprint density at radius 1 is 1.19 bits per heavy atom. The number of alkyl halides is 3. The number of benzene rings is 2. The fourth-order valence-electron chi connectivity index (χ4n) is 4.38. The summed E-state index contributed by atoms with van der Waals surface area (Å²) in [5.41, 5.74) is -1.56. The molecule has 1 amide bonds. The predicted octanol–water partition coefficient (Wildman–Crippen LogP) is 6.07. The fraction of sp³-hybridized carbons (Fsp3) is 0.320. The van der Waals surface area contributed by atoms with Crippen molar-refractivity contribution in [3.63, 3.8) is 0 Å². The van der Waals surface area contributed by atoms with Gasteiger partial charge in [0, 0.05) is 22.1 Å². The van der Waals surface area contributed by atoms with Crippen molar-refractivity contribution in [2.45, 2.75) is 38.3 Å². The van der Waals surface area contributed by atoms with E-state index in [1.54, 1.807) is 57.2 Å². The van der Waals surface area contributed by atoms with E-state index in [1.165, 1.54) is 17.0 Å². The SMILES string of the molecule is CC(C)(C)OC(=O)N1CC2C(=NOC2(O)c2onc(-c3ccccc3)c2C(F)(F)F)c2ccc(Br)cc21. The van der Waals surface area contributed by atoms with E-state index in [-0.39, 0.29) is 17.8 Å². The highest BCUT2D eigenvalue weighted by molar-refractivity contribution is 9.10. The Morgan fingerprint density at radius 2 is 1.89 bits per heavy atom. The van der Waals surface area contributed by atoms with Gasteiger partial charge in [-0.2, -0.15) is 13.2 Å². The van der Waals surface area contributed by atoms with Gasteiger partial charge >= 0.3 is 18.1 Å². The number of halogens is 4. The minimum atomic E-state index is -4.95. The normalized spacial score (nSPS) is 21.1. The maximum atomic E-state index is 14.4. The maximum Gasteiger partial charge on any atom is 0.422 e. The van der Waals surface area contributed by atoms with Crippen LogP contribution >= 0.6 is 15.9 Å². The number of carbonyl (C=O) groups excluding carboxylic acids is 1. The van der Waals surface area contributed by atoms with Gasteiger partial charge in [0.05, 0.1) is 11.6 Å². The number of anilines is 1. The molecule has 1 N–H and O–H groups in total. The van der Waals surface area contributed by atoms with Gasteiger partial charge in [-0.05, 0) is 39.0 Å². The second kappa shape index (κ2) is 8.59. The zero-order chi connectivity index (χ0) is 26.8. The summed E-state index contributed by atoms with van der Waals surface area (Å²) in [5.74, 6) is -4.90. The molecule has 8 nitrogen and oxygen atoms in total. The van der Waals surface area contributed by atoms with E-state index in [0.29, 0.717) is 15.7 Å². The Labute approximate surface area is 217 Å². The second-order valence-corrected chi connectivity index (χ2v) is 10.6. The molecule has 2 atom stereocenters. The van der Waals surface area contributed by atoms with Gasteiger partial charge in [0.2, 0.25) is 5.76 Å². The van der Waals surface area contributed by atoms with Gasteiger partial charge in [0.15, 0.2) is 0 Å². The highest BCUT2D eigenvalue weighted by Gasteiger charge is 2.60. The number of aromatic nitrogens is 1. The number of carbonyl (C=O) groups is 1. The standard InChI is InChI=1S/C25H21BrF3N3O5/c1-23(2,3)35-22(33)32-12-16-20(15-10-9-14(26)11-17(15)32)31-37-24(16,34)21-18(25(27,28)29)19(30-36-21)13-7-5-4-6-8-13/h4-11,16,34H,12H2,1-3H3. The van der Waals surface area contributed by atoms with Crippen LogP contribution < -0.4 is 4.90 Å². The first-order chi connectivity index (χ1) is 17.3. The van der Waals surface area contributed by atoms with Crippen molar-refractivity contribution in [1.82, 2.24) is 5.16 Å². The summed E-state index contributed by atoms with van der Waals surface area (Å²) >= 11 is 3.37. The summed E-state index contributed by atoms with van der Waals surface area (Å²) in [6.07, 6.45) is -5.70. The number of fused-ring (bicyclic) bond motifs is 3. The largest absolute Gasteiger partial charge is 0.443 e. The molecule has 0 saturated heterocycles. The van der Waals surface area contributed by atoms with Gasteiger partial charge in [-0.15, -0.1) is 0 Å². The van der Waals surface area contributed by atoms with Crippen molar-refractivity contribution in [2.75, 3.05) is 11.4 Å². The highest BCUT2D eigenvalue weighted by atomic mass is 79.9. The van der Waals surface area contributed by atoms with Crippen molar-refractivity contribution in [3.05, 3.63) is 69.9 Å². The van der Waals surface area contributed by atoms with E-state index in [0.717, 1.165) is 0 Å². The summed E-state index contributed by atoms with van der Waals surface area (Å²) in [7, 11) is 0. The maximum absolute atomic E-state index is 14.4. The van der Waals surface area contributed by atoms with Crippen LogP contribution in [0.15, 0.2) is 62.7 Å². The van der Waals surface area contributed by atoms with Crippen LogP contribution in [0.2, 0.25) is 0 Å². The molecule has 0 radical (unpaired) electrons. The van der Waals surface area contributed by atoms with Gasteiger partial charge in [-0.3, -0.25) is 4.90 Å². The molecule has 2 aliphatic heterocycles. The van der Waals surface area contributed by atoms with Gasteiger partial charge < -0.3 is 19.2 Å². The van der Waals surface area contributed by atoms with Gasteiger partial charge in [-0.1, -0.05) is 56.6 Å². The molecule has 0 saturated carbocycles. The molecule has 12 heteroatoms. The van der Waals surface area contributed by atoms with Crippen LogP contribution in [0.5, 0.6) is 0 Å². The van der Waals surface area contributed by atoms with Crippen molar-refractivity contribution in [2.24, 2.45) is 11.1 Å². The summed E-state index contributed by atoms with van der Waals surface area (Å²) in [6, 6.07) is 12.6. The smallest absolute Gasteiger partial charge is 0.422 e. The van der Waals surface area contributed by atoms with E-state index in [9.17, 15) is 23.1 Å². The molecule has 2 unspecified atom stereocenters. The third-order valence-corrected chi connectivity index (χ3v) is 6.43. The number of oxime groups is 1. The third kappa shape index (κ3) is 4.37. The van der Waals surface area contributed by atoms with E-state index in [1.807, 2.05) is 0 Å². The number of aliphatic hydroxyl groups is 1. The van der Waals surface area contributed by atoms with Gasteiger partial charge in [0.1, 0.15) is 22.6 Å². The molecule has 37 heavy (non-hydrogen) atoms. The van der Waals surface area contributed by atoms with E-state index < -0.39 is 46.6 Å². The molecule has 2 aliphatic rings. The summed E-state index contributed by atoms with van der Waals surface area (Å²) < 4.78 is 54.4. The Balaban J connectivity index is 1.63. The number of rotatable bonds is 2. The lowest BCUT2D eigenvalue weighted by atomic mass is 9.83. The lowest BCUT2D eigenvalue weighted by Crippen LogP contribution is -2.50. The first-order valence-electron chi connectivity index (χ1n) is 11.2. The van der Waals surface area contributed by atoms with Crippen LogP contribution in [0.4, 0.5) is 23.7 Å². The fourth-order valence-corrected chi connectivity index (χ4v) is 4.73. The molecule has 0 aliphatic carbocycles. The number of ether oxygens (including phenoxy) is 1. The highest BCUT2D eigenvalue weighted by Crippen LogP contribution is 2.50. The van der Waals surface area contributed by atoms with Crippen molar-refractivity contribution >= 4 is 33.4 Å². The topological polar surface area (TPSA) is 97.4 Å². The molecule has 1 aromatic heterocycles. The van der Waals surface area contributed by atoms with Crippen LogP contribution in [0, 0.1) is 5.92 Å². The minimum absolute atomic E-state index is 0.141. The Kier molecular flexibility index (Phi) is 5.87. The average molecular weight is 580 g/mol. The zero-order valence-corrected chi connectivity index (χ0v) is 21.4. The van der Waals surface area contributed by atoms with Crippen LogP contribution in [-0.2, 0) is 21.5 Å². The minimum Gasteiger partial charge on any atom is -0.443 e. The number of hydrogen-bond donors (Lipinski definition) is 1. The van der Waals surface area contributed by atoms with Crippen molar-refractivity contribution in [3.8, 4) is 11.3 Å². The molecular formula is C25H21BrF3N3O5. The van der Waals surface area contributed by atoms with Crippen LogP contribution in [0.3, 0.4) is 0 Å². The van der Waals surface area contributed by atoms with E-state index in [2.05, 4.69) is 26.2 Å². The molecule has 194 valence electrons. The van der Waals surface area contributed by atoms with E-state index >= 15 is 0 Å². The number of amides is 1. The molecule has 5 rings (SSSR count). The Morgan fingerprint density at radius 3 is 2.54 bits per heavy atom. The molecule has 2 aromatic carbocycles. The number of nitrogens with zero attached hydrogens (tertiary/aromatic N) is 3. The van der Waals surface area contributed by atoms with Crippen LogP contribution in [0.25, 0.3) is 11.3 Å². The van der Waals surface area contributed by atoms with E-state index in [4.69, 9.17) is 14.1 Å². The quantitative estimate of drug-likeness (QED) is 0.395. The monoisotopic (exact) mass is 579 g/mol. The molecule has 3 aromatic rings. The first kappa shape index (κ1) is 25.3. The molecule has 0 fully saturated rings. The third-order valence-electron chi connectivity index (χ3n) is 5.94. The van der Waals surface area contributed by atoms with Crippen molar-refractivity contribution < 1.29 is 37.2 Å². The molecule has 0 spiro atoms. The van der Waals surface area contributed by atoms with Crippen molar-refractivity contribution in [1.29, 1.82) is 0 Å². The van der Waals surface area contributed by atoms with Gasteiger partial charge in [-0.25, -0.2) is 4.79 Å². The lowest BCUT2D eigenvalue weighted by molar-refractivity contribution is -0.233. The van der Waals surface area contributed by atoms with Crippen LogP contribution in [0.1, 0.15) is 37.7 Å². The zero-order valence-electron chi connectivity index (χ0n) is 19.8. The molecule has 3 heterocycles. The Hall–Kier alpha value is -3.38. The number of hydrogen-bond acceptors (Lipinski definition) is 7. The second-order valence-electron chi connectivity index (χ2n) is 9.67. The Bertz CT molecular complexity index is 1400. The lowest BCUT2D eigenvalue weighted by Gasteiger charge is -2.37. The van der Waals surface area contributed by atoms with Crippen LogP contribution in [-0.4, -0.2) is 34.2 Å². The first-order valence-corrected chi connectivity index (χ1v) is 12.0. The average Bonchev–Trinajstić information content (AvgIpc) is 3.41. The predicted molar refractivity (Wildman–Crippen MR) is 130 cm³/mol. The summed E-state index contributed by atoms with van der Waals surface area (Å²) in [6.45, 7) is 4.77. The summed E-state index contributed by atoms with van der Waals surface area (Å²) in [4.78, 5) is 19.7. The van der Waals surface area contributed by atoms with Gasteiger partial charge in [0.25, 0.3) is 0 Å². The molecule has 0 bridgehead atoms. The summed E-state index contributed by atoms with van der Waals surface area (Å²) in [5, 5.41) is 19.2. The molecular weight excluding hydrogens is 559 g/mol.